The first-order valence-electron chi connectivity index (χ1n) is 7.55. The number of carboxylic acids is 1. The number of carboxylic acid groups (broad SMARTS) is 1. The van der Waals surface area contributed by atoms with Gasteiger partial charge in [-0.2, -0.15) is 0 Å². The maximum atomic E-state index is 12.3. The molecular weight excluding hydrogens is 266 g/mol. The van der Waals surface area contributed by atoms with Crippen LogP contribution in [0.15, 0.2) is 18.2 Å². The zero-order chi connectivity index (χ0) is 15.6. The van der Waals surface area contributed by atoms with E-state index in [2.05, 4.69) is 0 Å². The van der Waals surface area contributed by atoms with Crippen molar-refractivity contribution in [1.82, 2.24) is 4.90 Å². The molecule has 0 radical (unpaired) electrons. The predicted molar refractivity (Wildman–Crippen MR) is 81.0 cm³/mol. The summed E-state index contributed by atoms with van der Waals surface area (Å²) in [7, 11) is 0. The van der Waals surface area contributed by atoms with Crippen molar-refractivity contribution in [2.45, 2.75) is 46.1 Å². The fourth-order valence-corrected chi connectivity index (χ4v) is 3.19. The number of rotatable bonds is 4. The Hall–Kier alpha value is -1.84. The summed E-state index contributed by atoms with van der Waals surface area (Å²) in [5.41, 5.74) is 3.19. The van der Waals surface area contributed by atoms with Crippen LogP contribution < -0.4 is 0 Å². The minimum absolute atomic E-state index is 0.0697. The first kappa shape index (κ1) is 15.5. The van der Waals surface area contributed by atoms with Gasteiger partial charge in [-0.15, -0.1) is 0 Å². The highest BCUT2D eigenvalue weighted by Gasteiger charge is 2.40. The number of piperidine rings is 1. The Morgan fingerprint density at radius 1 is 1.38 bits per heavy atom. The molecule has 1 N–H and O–H groups in total. The van der Waals surface area contributed by atoms with Gasteiger partial charge < -0.3 is 10.0 Å². The van der Waals surface area contributed by atoms with Gasteiger partial charge in [0.25, 0.3) is 0 Å². The van der Waals surface area contributed by atoms with Gasteiger partial charge in [0.05, 0.1) is 12.0 Å². The van der Waals surface area contributed by atoms with E-state index in [4.69, 9.17) is 0 Å². The summed E-state index contributed by atoms with van der Waals surface area (Å²) < 4.78 is 0. The molecule has 1 amide bonds. The minimum Gasteiger partial charge on any atom is -0.481 e. The number of nitrogens with zero attached hydrogens (tertiary/aromatic N) is 1. The van der Waals surface area contributed by atoms with Crippen LogP contribution in [0.2, 0.25) is 0 Å². The second kappa shape index (κ2) is 6.29. The lowest BCUT2D eigenvalue weighted by atomic mass is 9.82. The van der Waals surface area contributed by atoms with E-state index in [1.165, 1.54) is 0 Å². The summed E-state index contributed by atoms with van der Waals surface area (Å²) in [6.45, 7) is 6.65. The molecule has 2 rings (SSSR count). The van der Waals surface area contributed by atoms with Crippen LogP contribution in [0.25, 0.3) is 0 Å². The molecule has 0 saturated carbocycles. The zero-order valence-corrected chi connectivity index (χ0v) is 12.9. The second-order valence-electron chi connectivity index (χ2n) is 5.80. The average Bonchev–Trinajstić information content (AvgIpc) is 2.44. The molecule has 1 saturated heterocycles. The lowest BCUT2D eigenvalue weighted by molar-refractivity contribution is -0.152. The quantitative estimate of drug-likeness (QED) is 0.926. The van der Waals surface area contributed by atoms with Gasteiger partial charge in [0.15, 0.2) is 0 Å². The Bertz CT molecular complexity index is 553. The van der Waals surface area contributed by atoms with E-state index < -0.39 is 11.9 Å². The van der Waals surface area contributed by atoms with E-state index in [-0.39, 0.29) is 11.9 Å². The molecule has 0 spiro atoms. The van der Waals surface area contributed by atoms with Gasteiger partial charge in [0.2, 0.25) is 5.91 Å². The molecular formula is C17H23NO3. The first-order valence-corrected chi connectivity index (χ1v) is 7.55. The number of amides is 1. The largest absolute Gasteiger partial charge is 0.481 e. The highest BCUT2D eigenvalue weighted by atomic mass is 16.4. The fraction of sp³-hybridized carbons (Fsp3) is 0.529. The molecule has 0 aromatic heterocycles. The molecule has 0 aliphatic carbocycles. The highest BCUT2D eigenvalue weighted by Crippen LogP contribution is 2.38. The van der Waals surface area contributed by atoms with Crippen molar-refractivity contribution < 1.29 is 14.7 Å². The second-order valence-corrected chi connectivity index (χ2v) is 5.80. The third-order valence-electron chi connectivity index (χ3n) is 4.45. The maximum Gasteiger partial charge on any atom is 0.308 e. The van der Waals surface area contributed by atoms with Crippen LogP contribution in [0.4, 0.5) is 0 Å². The molecule has 1 fully saturated rings. The van der Waals surface area contributed by atoms with Crippen LogP contribution in [0, 0.1) is 19.8 Å². The summed E-state index contributed by atoms with van der Waals surface area (Å²) in [6.07, 6.45) is 1.59. The smallest absolute Gasteiger partial charge is 0.308 e. The van der Waals surface area contributed by atoms with E-state index in [0.29, 0.717) is 19.4 Å². The Morgan fingerprint density at radius 2 is 2.10 bits per heavy atom. The van der Waals surface area contributed by atoms with Crippen molar-refractivity contribution in [3.63, 3.8) is 0 Å². The Balaban J connectivity index is 2.51. The molecule has 4 heteroatoms. The monoisotopic (exact) mass is 289 g/mol. The van der Waals surface area contributed by atoms with Gasteiger partial charge in [-0.05, 0) is 43.4 Å². The number of likely N-dealkylation sites (tertiary alicyclic amines) is 1. The summed E-state index contributed by atoms with van der Waals surface area (Å²) >= 11 is 0. The topological polar surface area (TPSA) is 57.6 Å². The number of aliphatic carboxylic acids is 1. The third-order valence-corrected chi connectivity index (χ3v) is 4.45. The van der Waals surface area contributed by atoms with E-state index in [9.17, 15) is 14.7 Å². The van der Waals surface area contributed by atoms with Gasteiger partial charge in [-0.25, -0.2) is 0 Å². The summed E-state index contributed by atoms with van der Waals surface area (Å²) in [5, 5.41) is 9.56. The van der Waals surface area contributed by atoms with Crippen LogP contribution in [-0.2, 0) is 9.59 Å². The van der Waals surface area contributed by atoms with Crippen molar-refractivity contribution >= 4 is 11.9 Å². The maximum absolute atomic E-state index is 12.3. The summed E-state index contributed by atoms with van der Waals surface area (Å²) in [4.78, 5) is 25.7. The van der Waals surface area contributed by atoms with E-state index in [1.807, 2.05) is 39.0 Å². The van der Waals surface area contributed by atoms with E-state index in [1.54, 1.807) is 4.90 Å². The Kier molecular flexibility index (Phi) is 4.66. The predicted octanol–water partition coefficient (Wildman–Crippen LogP) is 3.08. The molecule has 1 aliphatic rings. The molecule has 1 heterocycles. The Labute approximate surface area is 125 Å². The van der Waals surface area contributed by atoms with Crippen LogP contribution >= 0.6 is 0 Å². The SMILES string of the molecule is CCCN1C(=O)CCC(C(=O)O)C1c1cccc(C)c1C. The van der Waals surface area contributed by atoms with Crippen molar-refractivity contribution in [3.05, 3.63) is 34.9 Å². The van der Waals surface area contributed by atoms with Gasteiger partial charge in [0.1, 0.15) is 0 Å². The van der Waals surface area contributed by atoms with E-state index in [0.717, 1.165) is 23.1 Å². The van der Waals surface area contributed by atoms with Gasteiger partial charge >= 0.3 is 5.97 Å². The Morgan fingerprint density at radius 3 is 2.71 bits per heavy atom. The number of aryl methyl sites for hydroxylation is 1. The molecule has 21 heavy (non-hydrogen) atoms. The third kappa shape index (κ3) is 2.94. The minimum atomic E-state index is -0.811. The van der Waals surface area contributed by atoms with Crippen LogP contribution in [0.3, 0.4) is 0 Å². The lowest BCUT2D eigenvalue weighted by Crippen LogP contribution is -2.45. The normalized spacial score (nSPS) is 22.4. The van der Waals surface area contributed by atoms with Crippen molar-refractivity contribution in [1.29, 1.82) is 0 Å². The lowest BCUT2D eigenvalue weighted by Gasteiger charge is -2.40. The van der Waals surface area contributed by atoms with Gasteiger partial charge in [-0.3, -0.25) is 9.59 Å². The zero-order valence-electron chi connectivity index (χ0n) is 12.9. The average molecular weight is 289 g/mol. The molecule has 1 aliphatic heterocycles. The number of carbonyl (C=O) groups is 2. The first-order chi connectivity index (χ1) is 9.97. The van der Waals surface area contributed by atoms with Gasteiger partial charge in [-0.1, -0.05) is 25.1 Å². The standard InChI is InChI=1S/C17H23NO3/c1-4-10-18-15(19)9-8-14(17(20)21)16(18)13-7-5-6-11(2)12(13)3/h5-7,14,16H,4,8-10H2,1-3H3,(H,20,21). The number of hydrogen-bond donors (Lipinski definition) is 1. The number of carbonyl (C=O) groups excluding carboxylic acids is 1. The summed E-state index contributed by atoms with van der Waals surface area (Å²) in [6, 6.07) is 5.58. The van der Waals surface area contributed by atoms with Crippen LogP contribution in [-0.4, -0.2) is 28.4 Å². The van der Waals surface area contributed by atoms with Crippen molar-refractivity contribution in [2.75, 3.05) is 6.54 Å². The summed E-state index contributed by atoms with van der Waals surface area (Å²) in [5.74, 6) is -1.26. The van der Waals surface area contributed by atoms with Crippen LogP contribution in [0.5, 0.6) is 0 Å². The highest BCUT2D eigenvalue weighted by molar-refractivity contribution is 5.82. The molecule has 2 atom stereocenters. The fourth-order valence-electron chi connectivity index (χ4n) is 3.19. The number of hydrogen-bond acceptors (Lipinski definition) is 2. The van der Waals surface area contributed by atoms with Crippen LogP contribution in [0.1, 0.15) is 48.9 Å². The number of benzene rings is 1. The van der Waals surface area contributed by atoms with Gasteiger partial charge in [0, 0.05) is 13.0 Å². The molecule has 1 aromatic carbocycles. The van der Waals surface area contributed by atoms with Crippen molar-refractivity contribution in [3.8, 4) is 0 Å². The molecule has 0 bridgehead atoms. The van der Waals surface area contributed by atoms with E-state index >= 15 is 0 Å². The molecule has 114 valence electrons. The molecule has 4 nitrogen and oxygen atoms in total. The molecule has 2 unspecified atom stereocenters. The molecule has 1 aromatic rings. The van der Waals surface area contributed by atoms with Crippen molar-refractivity contribution in [2.24, 2.45) is 5.92 Å².